The molecule has 0 bridgehead atoms. The van der Waals surface area contributed by atoms with Gasteiger partial charge in [-0.1, -0.05) is 0 Å². The summed E-state index contributed by atoms with van der Waals surface area (Å²) in [5, 5.41) is 31.0. The topological polar surface area (TPSA) is 139 Å². The number of furan rings is 3. The Morgan fingerprint density at radius 1 is 1.20 bits per heavy atom. The number of non-ortho nitro benzene ring substituents is 1. The molecule has 1 aromatic carbocycles. The van der Waals surface area contributed by atoms with Crippen molar-refractivity contribution in [1.82, 2.24) is 0 Å². The molecule has 0 aliphatic carbocycles. The fraction of sp³-hybridized carbons (Fsp3) is 0. The van der Waals surface area contributed by atoms with Crippen molar-refractivity contribution in [3.8, 4) is 34.7 Å². The molecule has 9 nitrogen and oxygen atoms in total. The maximum Gasteiger partial charge on any atom is 0.271 e. The molecule has 0 saturated carbocycles. The number of halogens is 1. The second-order valence-electron chi connectivity index (χ2n) is 5.93. The van der Waals surface area contributed by atoms with Crippen molar-refractivity contribution in [3.05, 3.63) is 74.6 Å². The van der Waals surface area contributed by atoms with Gasteiger partial charge in [-0.25, -0.2) is 4.99 Å². The highest BCUT2D eigenvalue weighted by Gasteiger charge is 2.26. The van der Waals surface area contributed by atoms with Gasteiger partial charge in [0.15, 0.2) is 11.5 Å². The maximum absolute atomic E-state index is 11.1. The summed E-state index contributed by atoms with van der Waals surface area (Å²) >= 11 is 3.07. The molecule has 1 N–H and O–H groups in total. The molecule has 0 amide bonds. The van der Waals surface area contributed by atoms with Crippen molar-refractivity contribution >= 4 is 33.7 Å². The van der Waals surface area contributed by atoms with Gasteiger partial charge >= 0.3 is 0 Å². The molecule has 0 aliphatic rings. The molecule has 0 radical (unpaired) electrons. The number of benzene rings is 1. The van der Waals surface area contributed by atoms with Gasteiger partial charge in [-0.3, -0.25) is 10.1 Å². The lowest BCUT2D eigenvalue weighted by atomic mass is 10.1. The lowest BCUT2D eigenvalue weighted by molar-refractivity contribution is -0.385. The molecular formula is C20H10BrN3O6. The van der Waals surface area contributed by atoms with E-state index in [0.717, 1.165) is 6.07 Å². The van der Waals surface area contributed by atoms with E-state index in [-0.39, 0.29) is 38.7 Å². The fourth-order valence-electron chi connectivity index (χ4n) is 2.79. The monoisotopic (exact) mass is 467 g/mol. The Kier molecular flexibility index (Phi) is 4.95. The summed E-state index contributed by atoms with van der Waals surface area (Å²) in [5.41, 5.74) is 0.259. The van der Waals surface area contributed by atoms with Gasteiger partial charge in [0.1, 0.15) is 23.1 Å². The van der Waals surface area contributed by atoms with Crippen molar-refractivity contribution in [3.63, 3.8) is 0 Å². The third-order valence-electron chi connectivity index (χ3n) is 4.12. The minimum atomic E-state index is -0.598. The largest absolute Gasteiger partial charge is 0.506 e. The molecule has 0 fully saturated rings. The van der Waals surface area contributed by atoms with Gasteiger partial charge in [0.05, 0.1) is 27.5 Å². The number of rotatable bonds is 5. The summed E-state index contributed by atoms with van der Waals surface area (Å²) < 4.78 is 16.7. The number of nitrogens with zero attached hydrogens (tertiary/aromatic N) is 3. The van der Waals surface area contributed by atoms with Crippen LogP contribution in [0.25, 0.3) is 22.8 Å². The van der Waals surface area contributed by atoms with E-state index in [1.165, 1.54) is 24.8 Å². The first-order valence-electron chi connectivity index (χ1n) is 8.35. The number of hydrogen-bond acceptors (Lipinski definition) is 8. The van der Waals surface area contributed by atoms with Crippen LogP contribution in [-0.2, 0) is 0 Å². The van der Waals surface area contributed by atoms with Crippen molar-refractivity contribution in [2.24, 2.45) is 4.99 Å². The first kappa shape index (κ1) is 19.2. The molecule has 0 unspecified atom stereocenters. The first-order valence-corrected chi connectivity index (χ1v) is 9.14. The van der Waals surface area contributed by atoms with E-state index in [4.69, 9.17) is 13.3 Å². The zero-order valence-corrected chi connectivity index (χ0v) is 16.5. The molecule has 0 atom stereocenters. The van der Waals surface area contributed by atoms with E-state index >= 15 is 0 Å². The molecule has 30 heavy (non-hydrogen) atoms. The van der Waals surface area contributed by atoms with Gasteiger partial charge in [0.25, 0.3) is 5.69 Å². The van der Waals surface area contributed by atoms with Gasteiger partial charge in [-0.15, -0.1) is 0 Å². The molecular weight excluding hydrogens is 458 g/mol. The summed E-state index contributed by atoms with van der Waals surface area (Å²) in [6, 6.07) is 11.0. The molecule has 10 heteroatoms. The molecule has 0 saturated heterocycles. The third kappa shape index (κ3) is 3.38. The number of aromatic hydroxyl groups is 1. The molecule has 0 spiro atoms. The number of nitro groups is 1. The Labute approximate surface area is 176 Å². The van der Waals surface area contributed by atoms with Crippen LogP contribution in [0.1, 0.15) is 11.1 Å². The van der Waals surface area contributed by atoms with Crippen molar-refractivity contribution in [2.75, 3.05) is 0 Å². The van der Waals surface area contributed by atoms with Gasteiger partial charge < -0.3 is 18.4 Å². The van der Waals surface area contributed by atoms with Crippen LogP contribution in [0.15, 0.2) is 71.6 Å². The normalized spacial score (nSPS) is 11.1. The molecule has 4 aromatic rings. The average molecular weight is 468 g/mol. The number of hydrogen-bond donors (Lipinski definition) is 1. The Balaban J connectivity index is 1.86. The molecule has 3 aromatic heterocycles. The van der Waals surface area contributed by atoms with Crippen LogP contribution >= 0.6 is 15.9 Å². The minimum absolute atomic E-state index is 0.0652. The SMILES string of the molecule is N#Cc1c(N=Cc2cc([N+](=O)[O-])cc(Br)c2O)oc(-c2ccco2)c1-c1ccco1. The predicted octanol–water partition coefficient (Wildman–Crippen LogP) is 5.80. The quantitative estimate of drug-likeness (QED) is 0.222. The van der Waals surface area contributed by atoms with E-state index in [1.54, 1.807) is 24.3 Å². The Hall–Kier alpha value is -4.10. The van der Waals surface area contributed by atoms with Crippen LogP contribution in [0, 0.1) is 21.4 Å². The molecule has 3 heterocycles. The number of aliphatic imine (C=N–C) groups is 1. The Morgan fingerprint density at radius 2 is 1.90 bits per heavy atom. The predicted molar refractivity (Wildman–Crippen MR) is 109 cm³/mol. The van der Waals surface area contributed by atoms with E-state index in [2.05, 4.69) is 20.9 Å². The lowest BCUT2D eigenvalue weighted by Gasteiger charge is -2.01. The van der Waals surface area contributed by atoms with Crippen LogP contribution in [-0.4, -0.2) is 16.2 Å². The van der Waals surface area contributed by atoms with Crippen LogP contribution in [0.2, 0.25) is 0 Å². The van der Waals surface area contributed by atoms with Crippen LogP contribution in [0.3, 0.4) is 0 Å². The zero-order valence-electron chi connectivity index (χ0n) is 14.9. The summed E-state index contributed by atoms with van der Waals surface area (Å²) in [6.07, 6.45) is 4.08. The van der Waals surface area contributed by atoms with Gasteiger partial charge in [0, 0.05) is 23.9 Å². The van der Waals surface area contributed by atoms with Crippen molar-refractivity contribution in [1.29, 1.82) is 5.26 Å². The number of nitro benzene ring substituents is 1. The number of phenolic OH excluding ortho intramolecular Hbond substituents is 1. The standard InChI is InChI=1S/C20H10BrN3O6/c21-14-8-12(24(26)27)7-11(18(14)25)10-23-20-13(9-22)17(15-3-1-5-28-15)19(30-20)16-4-2-6-29-16/h1-8,10,25H. The van der Waals surface area contributed by atoms with Crippen LogP contribution in [0.4, 0.5) is 11.6 Å². The Bertz CT molecular complexity index is 1300. The Morgan fingerprint density at radius 3 is 2.50 bits per heavy atom. The van der Waals surface area contributed by atoms with Gasteiger partial charge in [-0.05, 0) is 40.2 Å². The van der Waals surface area contributed by atoms with Crippen LogP contribution < -0.4 is 0 Å². The van der Waals surface area contributed by atoms with Crippen LogP contribution in [0.5, 0.6) is 5.75 Å². The molecule has 148 valence electrons. The summed E-state index contributed by atoms with van der Waals surface area (Å²) in [5.74, 6) is 0.664. The summed E-state index contributed by atoms with van der Waals surface area (Å²) in [4.78, 5) is 14.6. The smallest absolute Gasteiger partial charge is 0.271 e. The number of phenols is 1. The average Bonchev–Trinajstić information content (AvgIpc) is 3.48. The highest BCUT2D eigenvalue weighted by atomic mass is 79.9. The van der Waals surface area contributed by atoms with Gasteiger partial charge in [0.2, 0.25) is 5.88 Å². The summed E-state index contributed by atoms with van der Waals surface area (Å²) in [6.45, 7) is 0. The number of nitriles is 1. The van der Waals surface area contributed by atoms with Crippen molar-refractivity contribution < 1.29 is 23.3 Å². The first-order chi connectivity index (χ1) is 14.5. The molecule has 0 aliphatic heterocycles. The minimum Gasteiger partial charge on any atom is -0.506 e. The van der Waals surface area contributed by atoms with Gasteiger partial charge in [-0.2, -0.15) is 5.26 Å². The second kappa shape index (κ2) is 7.73. The maximum atomic E-state index is 11.1. The zero-order chi connectivity index (χ0) is 21.3. The third-order valence-corrected chi connectivity index (χ3v) is 4.73. The van der Waals surface area contributed by atoms with E-state index in [0.29, 0.717) is 17.1 Å². The lowest BCUT2D eigenvalue weighted by Crippen LogP contribution is -1.91. The van der Waals surface area contributed by atoms with E-state index < -0.39 is 4.92 Å². The van der Waals surface area contributed by atoms with Crippen molar-refractivity contribution in [2.45, 2.75) is 0 Å². The fourth-order valence-corrected chi connectivity index (χ4v) is 3.25. The summed E-state index contributed by atoms with van der Waals surface area (Å²) in [7, 11) is 0. The second-order valence-corrected chi connectivity index (χ2v) is 6.79. The van der Waals surface area contributed by atoms with E-state index in [1.807, 2.05) is 6.07 Å². The highest BCUT2D eigenvalue weighted by Crippen LogP contribution is 2.43. The molecule has 4 rings (SSSR count). The highest BCUT2D eigenvalue weighted by molar-refractivity contribution is 9.10. The van der Waals surface area contributed by atoms with E-state index in [9.17, 15) is 20.5 Å².